The Bertz CT molecular complexity index is 573. The van der Waals surface area contributed by atoms with Gasteiger partial charge in [0.25, 0.3) is 0 Å². The number of hydrogen-bond donors (Lipinski definition) is 0. The fraction of sp³-hybridized carbons (Fsp3) is 0.143. The SMILES string of the molecule is I.I.c1ccc([CH2][Sb]([CH2]c2ccccc2)[CH2]c2ccccc2)cc1. The average Bonchev–Trinajstić information content (AvgIpc) is 2.57. The molecule has 0 aliphatic heterocycles. The van der Waals surface area contributed by atoms with Gasteiger partial charge in [-0.2, -0.15) is 0 Å². The Hall–Kier alpha value is -0.0618. The molecular weight excluding hydrogens is 628 g/mol. The molecule has 24 heavy (non-hydrogen) atoms. The quantitative estimate of drug-likeness (QED) is 0.225. The molecule has 0 amide bonds. The van der Waals surface area contributed by atoms with Gasteiger partial charge < -0.3 is 0 Å². The van der Waals surface area contributed by atoms with Crippen LogP contribution in [0.25, 0.3) is 0 Å². The van der Waals surface area contributed by atoms with Crippen LogP contribution < -0.4 is 0 Å². The van der Waals surface area contributed by atoms with E-state index in [1.165, 1.54) is 29.8 Å². The van der Waals surface area contributed by atoms with Crippen LogP contribution in [0.2, 0.25) is 0 Å². The molecule has 0 heterocycles. The number of rotatable bonds is 6. The van der Waals surface area contributed by atoms with Crippen molar-refractivity contribution in [1.82, 2.24) is 0 Å². The summed E-state index contributed by atoms with van der Waals surface area (Å²) in [5.74, 6) is 0. The van der Waals surface area contributed by atoms with Gasteiger partial charge in [0, 0.05) is 0 Å². The van der Waals surface area contributed by atoms with E-state index in [1.807, 2.05) is 0 Å². The second-order valence-electron chi connectivity index (χ2n) is 5.60. The number of benzene rings is 3. The van der Waals surface area contributed by atoms with Crippen molar-refractivity contribution in [2.24, 2.45) is 0 Å². The van der Waals surface area contributed by atoms with E-state index in [0.29, 0.717) is 0 Å². The predicted octanol–water partition coefficient (Wildman–Crippen LogP) is 6.06. The Morgan fingerprint density at radius 3 is 0.917 bits per heavy atom. The molecule has 0 saturated carbocycles. The zero-order chi connectivity index (χ0) is 15.0. The van der Waals surface area contributed by atoms with Crippen molar-refractivity contribution in [1.29, 1.82) is 0 Å². The minimum atomic E-state index is -1.41. The van der Waals surface area contributed by atoms with Gasteiger partial charge in [0.05, 0.1) is 0 Å². The monoisotopic (exact) mass is 650 g/mol. The Morgan fingerprint density at radius 2 is 0.667 bits per heavy atom. The molecule has 0 bridgehead atoms. The molecule has 0 saturated heterocycles. The van der Waals surface area contributed by atoms with Crippen molar-refractivity contribution >= 4 is 68.2 Å². The van der Waals surface area contributed by atoms with Crippen LogP contribution in [-0.2, 0) is 13.1 Å². The molecule has 0 atom stereocenters. The Morgan fingerprint density at radius 1 is 0.417 bits per heavy atom. The maximum atomic E-state index is 2.28. The van der Waals surface area contributed by atoms with Gasteiger partial charge in [0.1, 0.15) is 0 Å². The van der Waals surface area contributed by atoms with Gasteiger partial charge in [-0.05, 0) is 0 Å². The topological polar surface area (TPSA) is 0 Å². The summed E-state index contributed by atoms with van der Waals surface area (Å²) >= 11 is -1.41. The van der Waals surface area contributed by atoms with Crippen LogP contribution >= 0.6 is 48.0 Å². The minimum absolute atomic E-state index is 0. The third-order valence-corrected chi connectivity index (χ3v) is 10.7. The van der Waals surface area contributed by atoms with Crippen molar-refractivity contribution < 1.29 is 0 Å². The average molecular weight is 651 g/mol. The first-order valence-electron chi connectivity index (χ1n) is 7.74. The van der Waals surface area contributed by atoms with Gasteiger partial charge in [0.2, 0.25) is 0 Å². The summed E-state index contributed by atoms with van der Waals surface area (Å²) in [7, 11) is 0. The Kier molecular flexibility index (Phi) is 11.3. The van der Waals surface area contributed by atoms with Crippen LogP contribution in [-0.4, -0.2) is 20.2 Å². The zero-order valence-electron chi connectivity index (χ0n) is 13.5. The predicted molar refractivity (Wildman–Crippen MR) is 127 cm³/mol. The summed E-state index contributed by atoms with van der Waals surface area (Å²) in [6.45, 7) is 0. The molecule has 0 radical (unpaired) electrons. The summed E-state index contributed by atoms with van der Waals surface area (Å²) in [6.07, 6.45) is 0. The second kappa shape index (κ2) is 12.3. The van der Waals surface area contributed by atoms with E-state index in [-0.39, 0.29) is 48.0 Å². The fourth-order valence-corrected chi connectivity index (χ4v) is 9.88. The van der Waals surface area contributed by atoms with Crippen LogP contribution in [0.3, 0.4) is 0 Å². The molecule has 0 aliphatic rings. The van der Waals surface area contributed by atoms with Gasteiger partial charge in [-0.15, -0.1) is 48.0 Å². The molecule has 0 aliphatic carbocycles. The van der Waals surface area contributed by atoms with Crippen LogP contribution in [0, 0.1) is 0 Å². The first-order chi connectivity index (χ1) is 10.9. The first kappa shape index (κ1) is 22.0. The zero-order valence-corrected chi connectivity index (χ0v) is 20.8. The Labute approximate surface area is 187 Å². The first-order valence-corrected chi connectivity index (χ1v) is 13.2. The van der Waals surface area contributed by atoms with E-state index < -0.39 is 20.2 Å². The van der Waals surface area contributed by atoms with Crippen LogP contribution in [0.4, 0.5) is 0 Å². The van der Waals surface area contributed by atoms with E-state index in [2.05, 4.69) is 91.0 Å². The van der Waals surface area contributed by atoms with E-state index in [4.69, 9.17) is 0 Å². The maximum absolute atomic E-state index is 2.28. The van der Waals surface area contributed by atoms with Crippen molar-refractivity contribution in [3.8, 4) is 0 Å². The fourth-order valence-electron chi connectivity index (χ4n) is 2.69. The molecule has 0 aromatic heterocycles. The van der Waals surface area contributed by atoms with Gasteiger partial charge in [0.15, 0.2) is 0 Å². The summed E-state index contributed by atoms with van der Waals surface area (Å²) in [5, 5.41) is 0. The molecule has 126 valence electrons. The third kappa shape index (κ3) is 7.45. The summed E-state index contributed by atoms with van der Waals surface area (Å²) in [5.41, 5.74) is 4.53. The Balaban J connectivity index is 0.00000144. The molecule has 3 heteroatoms. The third-order valence-electron chi connectivity index (χ3n) is 3.75. The van der Waals surface area contributed by atoms with Crippen LogP contribution in [0.1, 0.15) is 16.7 Å². The van der Waals surface area contributed by atoms with Crippen molar-refractivity contribution in [3.05, 3.63) is 108 Å². The van der Waals surface area contributed by atoms with Gasteiger partial charge in [-0.1, -0.05) is 0 Å². The van der Waals surface area contributed by atoms with E-state index in [1.54, 1.807) is 0 Å². The van der Waals surface area contributed by atoms with E-state index in [9.17, 15) is 0 Å². The molecule has 3 rings (SSSR count). The standard InChI is InChI=1S/3C7H7.2HI.Sb/c3*1-7-5-3-2-4-6-7;;;/h3*2-6H,1H2;2*1H;. The van der Waals surface area contributed by atoms with Crippen molar-refractivity contribution in [2.45, 2.75) is 13.1 Å². The summed E-state index contributed by atoms with van der Waals surface area (Å²) in [6, 6.07) is 33.0. The number of halogens is 2. The molecule has 0 N–H and O–H groups in total. The second-order valence-corrected chi connectivity index (χ2v) is 12.1. The van der Waals surface area contributed by atoms with Crippen LogP contribution in [0.5, 0.6) is 0 Å². The van der Waals surface area contributed by atoms with Crippen LogP contribution in [0.15, 0.2) is 91.0 Å². The van der Waals surface area contributed by atoms with Crippen molar-refractivity contribution in [3.63, 3.8) is 0 Å². The van der Waals surface area contributed by atoms with Gasteiger partial charge in [-0.25, -0.2) is 0 Å². The van der Waals surface area contributed by atoms with E-state index in [0.717, 1.165) is 0 Å². The molecule has 3 aromatic rings. The molecule has 0 nitrogen and oxygen atoms in total. The molecule has 0 fully saturated rings. The normalized spacial score (nSPS) is 9.88. The molecule has 0 spiro atoms. The molecule has 0 unspecified atom stereocenters. The summed E-state index contributed by atoms with van der Waals surface area (Å²) in [4.78, 5) is 0. The van der Waals surface area contributed by atoms with Gasteiger partial charge in [-0.3, -0.25) is 0 Å². The summed E-state index contributed by atoms with van der Waals surface area (Å²) < 4.78 is 3.94. The molecular formula is C21H23I2Sb. The molecule has 3 aromatic carbocycles. The van der Waals surface area contributed by atoms with Crippen molar-refractivity contribution in [2.75, 3.05) is 0 Å². The number of hydrogen-bond acceptors (Lipinski definition) is 0. The van der Waals surface area contributed by atoms with E-state index >= 15 is 0 Å². The van der Waals surface area contributed by atoms with Gasteiger partial charge >= 0.3 is 141 Å².